The van der Waals surface area contributed by atoms with E-state index in [0.717, 1.165) is 36.5 Å². The lowest BCUT2D eigenvalue weighted by Gasteiger charge is -2.37. The molecule has 3 aliphatic rings. The molecule has 0 amide bonds. The van der Waals surface area contributed by atoms with E-state index in [0.29, 0.717) is 16.0 Å². The summed E-state index contributed by atoms with van der Waals surface area (Å²) < 4.78 is 11.0. The Hall–Kier alpha value is -2.56. The van der Waals surface area contributed by atoms with Gasteiger partial charge in [0.1, 0.15) is 0 Å². The average molecular weight is 356 g/mol. The lowest BCUT2D eigenvalue weighted by atomic mass is 10.0. The molecular weight excluding hydrogens is 340 g/mol. The highest BCUT2D eigenvalue weighted by atomic mass is 32.3. The van der Waals surface area contributed by atoms with E-state index in [9.17, 15) is 14.9 Å². The van der Waals surface area contributed by atoms with Gasteiger partial charge in [-0.15, -0.1) is 0 Å². The lowest BCUT2D eigenvalue weighted by molar-refractivity contribution is -0.150. The van der Waals surface area contributed by atoms with Crippen LogP contribution >= 0.6 is 10.6 Å². The minimum atomic E-state index is -2.66. The maximum absolute atomic E-state index is 11.8. The molecule has 3 aliphatic heterocycles. The highest BCUT2D eigenvalue weighted by molar-refractivity contribution is 8.30. The molecule has 0 aliphatic carbocycles. The second kappa shape index (κ2) is 5.76. The van der Waals surface area contributed by atoms with Gasteiger partial charge in [-0.25, -0.2) is 9.59 Å². The summed E-state index contributed by atoms with van der Waals surface area (Å²) in [5.74, 6) is -1.94. The molecule has 1 aromatic carbocycles. The maximum Gasteiger partial charge on any atom is 0.442 e. The van der Waals surface area contributed by atoms with Gasteiger partial charge in [0, 0.05) is 18.7 Å². The molecule has 1 aromatic rings. The van der Waals surface area contributed by atoms with Crippen LogP contribution in [0.25, 0.3) is 6.08 Å². The molecule has 3 heterocycles. The SMILES string of the molecule is CCN1CC=C(C2=Cc3c(C#N)cccc3S23OC(=O)C(=O)O3)CC1. The zero-order valence-corrected chi connectivity index (χ0v) is 14.5. The molecule has 0 bridgehead atoms. The topological polar surface area (TPSA) is 79.6 Å². The number of carbonyl (C=O) groups is 2. The summed E-state index contributed by atoms with van der Waals surface area (Å²) in [6.45, 7) is 4.75. The Bertz CT molecular complexity index is 881. The number of nitriles is 1. The van der Waals surface area contributed by atoms with Gasteiger partial charge in [-0.2, -0.15) is 5.26 Å². The highest BCUT2D eigenvalue weighted by Crippen LogP contribution is 2.73. The second-order valence-corrected chi connectivity index (χ2v) is 8.18. The monoisotopic (exact) mass is 356 g/mol. The first-order valence-electron chi connectivity index (χ1n) is 8.06. The summed E-state index contributed by atoms with van der Waals surface area (Å²) in [4.78, 5) is 27.3. The van der Waals surface area contributed by atoms with Gasteiger partial charge < -0.3 is 8.37 Å². The number of rotatable bonds is 2. The first kappa shape index (κ1) is 15.9. The fourth-order valence-electron chi connectivity index (χ4n) is 3.32. The number of benzene rings is 1. The number of hydrogen-bond acceptors (Lipinski definition) is 6. The zero-order chi connectivity index (χ0) is 17.6. The van der Waals surface area contributed by atoms with Crippen LogP contribution in [0.1, 0.15) is 24.5 Å². The Balaban J connectivity index is 1.86. The lowest BCUT2D eigenvalue weighted by Crippen LogP contribution is -2.28. The minimum Gasteiger partial charge on any atom is -0.325 e. The van der Waals surface area contributed by atoms with Gasteiger partial charge in [0.05, 0.1) is 21.4 Å². The minimum absolute atomic E-state index is 0.477. The third-order valence-corrected chi connectivity index (χ3v) is 7.32. The van der Waals surface area contributed by atoms with Crippen LogP contribution in [0.5, 0.6) is 0 Å². The highest BCUT2D eigenvalue weighted by Gasteiger charge is 2.50. The van der Waals surface area contributed by atoms with Crippen LogP contribution in [-0.4, -0.2) is 36.5 Å². The summed E-state index contributed by atoms with van der Waals surface area (Å²) in [6.07, 6.45) is 4.72. The Kier molecular flexibility index (Phi) is 3.67. The number of nitrogens with zero attached hydrogens (tertiary/aromatic N) is 2. The van der Waals surface area contributed by atoms with Crippen LogP contribution in [0.3, 0.4) is 0 Å². The van der Waals surface area contributed by atoms with E-state index in [1.54, 1.807) is 18.2 Å². The largest absolute Gasteiger partial charge is 0.442 e. The van der Waals surface area contributed by atoms with Crippen molar-refractivity contribution in [1.29, 1.82) is 5.26 Å². The van der Waals surface area contributed by atoms with Crippen molar-refractivity contribution in [2.24, 2.45) is 0 Å². The van der Waals surface area contributed by atoms with Crippen molar-refractivity contribution in [3.63, 3.8) is 0 Å². The number of carbonyl (C=O) groups excluding carboxylic acids is 2. The first-order chi connectivity index (χ1) is 12.1. The summed E-state index contributed by atoms with van der Waals surface area (Å²) in [5.41, 5.74) is 2.17. The van der Waals surface area contributed by atoms with Crippen LogP contribution in [0.4, 0.5) is 0 Å². The standard InChI is InChI=1S/C18H16N2O4S/c1-2-20-8-6-12(7-9-20)16-10-14-13(11-19)4-3-5-15(14)25(16)23-17(21)18(22)24-25/h3-6,10H,2,7-9H2,1H3. The average Bonchev–Trinajstić information content (AvgIpc) is 3.12. The molecule has 1 fully saturated rings. The summed E-state index contributed by atoms with van der Waals surface area (Å²) >= 11 is 0. The number of likely N-dealkylation sites (N-methyl/N-ethyl adjacent to an activating group) is 1. The first-order valence-corrected chi connectivity index (χ1v) is 9.54. The number of allylic oxidation sites excluding steroid dienone is 1. The van der Waals surface area contributed by atoms with Crippen molar-refractivity contribution in [3.05, 3.63) is 45.9 Å². The summed E-state index contributed by atoms with van der Waals surface area (Å²) in [5, 5.41) is 9.39. The van der Waals surface area contributed by atoms with E-state index >= 15 is 0 Å². The van der Waals surface area contributed by atoms with E-state index in [2.05, 4.69) is 24.0 Å². The van der Waals surface area contributed by atoms with Gasteiger partial charge in [0.2, 0.25) is 0 Å². The van der Waals surface area contributed by atoms with Crippen molar-refractivity contribution in [3.8, 4) is 6.07 Å². The molecule has 0 saturated carbocycles. The Morgan fingerprint density at radius 3 is 2.64 bits per heavy atom. The fourth-order valence-corrected chi connectivity index (χ4v) is 6.03. The van der Waals surface area contributed by atoms with E-state index in [-0.39, 0.29) is 0 Å². The van der Waals surface area contributed by atoms with Crippen LogP contribution in [-0.2, 0) is 18.0 Å². The van der Waals surface area contributed by atoms with Crippen molar-refractivity contribution in [2.45, 2.75) is 18.2 Å². The molecule has 0 radical (unpaired) electrons. The molecule has 0 atom stereocenters. The third-order valence-electron chi connectivity index (χ3n) is 4.65. The Labute approximate surface area is 147 Å². The smallest absolute Gasteiger partial charge is 0.325 e. The van der Waals surface area contributed by atoms with Crippen molar-refractivity contribution < 1.29 is 18.0 Å². The molecule has 0 N–H and O–H groups in total. The summed E-state index contributed by atoms with van der Waals surface area (Å²) in [6, 6.07) is 7.35. The van der Waals surface area contributed by atoms with Gasteiger partial charge in [-0.1, -0.05) is 29.7 Å². The number of fused-ring (bicyclic) bond motifs is 2. The van der Waals surface area contributed by atoms with Crippen molar-refractivity contribution in [1.82, 2.24) is 4.90 Å². The maximum atomic E-state index is 11.8. The van der Waals surface area contributed by atoms with Crippen LogP contribution in [0, 0.1) is 11.3 Å². The van der Waals surface area contributed by atoms with Crippen molar-refractivity contribution in [2.75, 3.05) is 19.6 Å². The molecule has 1 saturated heterocycles. The van der Waals surface area contributed by atoms with Crippen LogP contribution in [0.15, 0.2) is 39.6 Å². The van der Waals surface area contributed by atoms with E-state index in [1.807, 2.05) is 6.08 Å². The third kappa shape index (κ3) is 2.29. The Morgan fingerprint density at radius 2 is 2.04 bits per heavy atom. The normalized spacial score (nSPS) is 22.6. The van der Waals surface area contributed by atoms with Gasteiger partial charge in [-0.3, -0.25) is 4.90 Å². The zero-order valence-electron chi connectivity index (χ0n) is 13.7. The van der Waals surface area contributed by atoms with Gasteiger partial charge in [-0.05, 0) is 36.7 Å². The van der Waals surface area contributed by atoms with Gasteiger partial charge in [0.25, 0.3) is 0 Å². The molecule has 1 spiro atoms. The predicted octanol–water partition coefficient (Wildman–Crippen LogP) is 2.66. The van der Waals surface area contributed by atoms with Gasteiger partial charge in [0.15, 0.2) is 0 Å². The molecule has 6 nitrogen and oxygen atoms in total. The molecule has 0 unspecified atom stereocenters. The quantitative estimate of drug-likeness (QED) is 0.758. The molecule has 25 heavy (non-hydrogen) atoms. The Morgan fingerprint density at radius 1 is 1.28 bits per heavy atom. The number of hydrogen-bond donors (Lipinski definition) is 0. The predicted molar refractivity (Wildman–Crippen MR) is 92.0 cm³/mol. The van der Waals surface area contributed by atoms with E-state index < -0.39 is 22.5 Å². The van der Waals surface area contributed by atoms with Crippen molar-refractivity contribution >= 4 is 28.6 Å². The van der Waals surface area contributed by atoms with Gasteiger partial charge >= 0.3 is 11.9 Å². The molecule has 0 aromatic heterocycles. The van der Waals surface area contributed by atoms with E-state index in [1.165, 1.54) is 0 Å². The summed E-state index contributed by atoms with van der Waals surface area (Å²) in [7, 11) is -2.66. The molecule has 4 rings (SSSR count). The van der Waals surface area contributed by atoms with Crippen LogP contribution in [0.2, 0.25) is 0 Å². The van der Waals surface area contributed by atoms with Crippen LogP contribution < -0.4 is 0 Å². The fraction of sp³-hybridized carbons (Fsp3) is 0.278. The molecular formula is C18H16N2O4S. The molecule has 128 valence electrons. The second-order valence-electron chi connectivity index (χ2n) is 5.96. The van der Waals surface area contributed by atoms with E-state index in [4.69, 9.17) is 8.37 Å². The molecule has 7 heteroatoms.